The smallest absolute Gasteiger partial charge is 0.0849 e. The van der Waals surface area contributed by atoms with Gasteiger partial charge >= 0.3 is 0 Å². The molecule has 9 heavy (non-hydrogen) atoms. The third-order valence-electron chi connectivity index (χ3n) is 1.06. The zero-order valence-corrected chi connectivity index (χ0v) is 5.20. The lowest BCUT2D eigenvalue weighted by molar-refractivity contribution is 0.154. The van der Waals surface area contributed by atoms with E-state index in [0.717, 1.165) is 0 Å². The summed E-state index contributed by atoms with van der Waals surface area (Å²) in [5.41, 5.74) is 0. The Morgan fingerprint density at radius 2 is 2.11 bits per heavy atom. The molecule has 0 bridgehead atoms. The van der Waals surface area contributed by atoms with Gasteiger partial charge in [0.05, 0.1) is 30.6 Å². The molecule has 3 heteroatoms. The zero-order valence-electron chi connectivity index (χ0n) is 5.20. The Balaban J connectivity index is 3.76. The van der Waals surface area contributed by atoms with E-state index >= 15 is 0 Å². The van der Waals surface area contributed by atoms with Crippen molar-refractivity contribution in [3.8, 4) is 12.1 Å². The van der Waals surface area contributed by atoms with E-state index in [1.165, 1.54) is 6.92 Å². The molecular formula is C6H8N2O. The Labute approximate surface area is 54.1 Å². The van der Waals surface area contributed by atoms with Crippen LogP contribution in [0, 0.1) is 28.6 Å². The summed E-state index contributed by atoms with van der Waals surface area (Å²) in [6.07, 6.45) is -0.594. The first-order valence-electron chi connectivity index (χ1n) is 2.67. The van der Waals surface area contributed by atoms with Gasteiger partial charge in [0.15, 0.2) is 0 Å². The minimum atomic E-state index is -0.699. The fourth-order valence-electron chi connectivity index (χ4n) is 0.422. The maximum Gasteiger partial charge on any atom is 0.0849 e. The molecule has 0 rings (SSSR count). The number of aliphatic hydroxyl groups excluding tert-OH is 1. The molecule has 3 nitrogen and oxygen atoms in total. The normalized spacial score (nSPS) is 15.1. The average molecular weight is 124 g/mol. The number of rotatable bonds is 2. The van der Waals surface area contributed by atoms with E-state index in [1.54, 1.807) is 0 Å². The van der Waals surface area contributed by atoms with Gasteiger partial charge in [0.1, 0.15) is 0 Å². The molecular weight excluding hydrogens is 116 g/mol. The van der Waals surface area contributed by atoms with Crippen LogP contribution in [0.2, 0.25) is 0 Å². The number of aliphatic hydroxyl groups is 1. The van der Waals surface area contributed by atoms with Crippen LogP contribution in [0.5, 0.6) is 0 Å². The monoisotopic (exact) mass is 124 g/mol. The van der Waals surface area contributed by atoms with Crippen molar-refractivity contribution in [2.24, 2.45) is 5.92 Å². The second-order valence-corrected chi connectivity index (χ2v) is 1.84. The number of nitriles is 2. The van der Waals surface area contributed by atoms with Crippen molar-refractivity contribution in [1.82, 2.24) is 0 Å². The molecule has 0 saturated carbocycles. The molecule has 0 fully saturated rings. The molecule has 0 radical (unpaired) electrons. The summed E-state index contributed by atoms with van der Waals surface area (Å²) in [5.74, 6) is -0.532. The first-order valence-corrected chi connectivity index (χ1v) is 2.67. The molecule has 2 atom stereocenters. The van der Waals surface area contributed by atoms with Gasteiger partial charge < -0.3 is 5.11 Å². The summed E-state index contributed by atoms with van der Waals surface area (Å²) >= 11 is 0. The fraction of sp³-hybridized carbons (Fsp3) is 0.667. The van der Waals surface area contributed by atoms with Crippen LogP contribution in [-0.2, 0) is 0 Å². The lowest BCUT2D eigenvalue weighted by Gasteiger charge is -2.05. The number of hydrogen-bond donors (Lipinski definition) is 1. The van der Waals surface area contributed by atoms with Gasteiger partial charge in [-0.05, 0) is 6.92 Å². The van der Waals surface area contributed by atoms with Crippen LogP contribution in [0.3, 0.4) is 0 Å². The minimum Gasteiger partial charge on any atom is -0.392 e. The molecule has 0 aliphatic rings. The standard InChI is InChI=1S/C6H8N2O/c1-5(9)6(4-8)2-3-7/h5-6,9H,2H2,1H3. The van der Waals surface area contributed by atoms with Gasteiger partial charge in [-0.2, -0.15) is 10.5 Å². The van der Waals surface area contributed by atoms with Crippen LogP contribution in [0.4, 0.5) is 0 Å². The van der Waals surface area contributed by atoms with Crippen molar-refractivity contribution in [1.29, 1.82) is 10.5 Å². The summed E-state index contributed by atoms with van der Waals surface area (Å²) < 4.78 is 0. The molecule has 0 aliphatic heterocycles. The van der Waals surface area contributed by atoms with Crippen LogP contribution in [0.1, 0.15) is 13.3 Å². The molecule has 0 heterocycles. The summed E-state index contributed by atoms with van der Waals surface area (Å²) in [6, 6.07) is 3.65. The summed E-state index contributed by atoms with van der Waals surface area (Å²) in [4.78, 5) is 0. The lowest BCUT2D eigenvalue weighted by Crippen LogP contribution is -2.13. The quantitative estimate of drug-likeness (QED) is 0.580. The SMILES string of the molecule is CC(O)C(C#N)CC#N. The Kier molecular flexibility index (Phi) is 3.43. The molecule has 0 aliphatic carbocycles. The average Bonchev–Trinajstić information content (AvgIpc) is 1.82. The van der Waals surface area contributed by atoms with Crippen molar-refractivity contribution in [3.63, 3.8) is 0 Å². The van der Waals surface area contributed by atoms with E-state index in [1.807, 2.05) is 12.1 Å². The van der Waals surface area contributed by atoms with Gasteiger partial charge in [0, 0.05) is 0 Å². The van der Waals surface area contributed by atoms with Crippen molar-refractivity contribution in [3.05, 3.63) is 0 Å². The van der Waals surface area contributed by atoms with Gasteiger partial charge in [-0.1, -0.05) is 0 Å². The third-order valence-corrected chi connectivity index (χ3v) is 1.06. The highest BCUT2D eigenvalue weighted by Crippen LogP contribution is 2.05. The fourth-order valence-corrected chi connectivity index (χ4v) is 0.422. The van der Waals surface area contributed by atoms with E-state index < -0.39 is 12.0 Å². The van der Waals surface area contributed by atoms with Crippen molar-refractivity contribution in [2.45, 2.75) is 19.4 Å². The highest BCUT2D eigenvalue weighted by atomic mass is 16.3. The second-order valence-electron chi connectivity index (χ2n) is 1.84. The molecule has 0 spiro atoms. The van der Waals surface area contributed by atoms with Crippen LogP contribution in [-0.4, -0.2) is 11.2 Å². The summed E-state index contributed by atoms with van der Waals surface area (Å²) in [6.45, 7) is 1.51. The molecule has 48 valence electrons. The van der Waals surface area contributed by atoms with E-state index in [4.69, 9.17) is 15.6 Å². The largest absolute Gasteiger partial charge is 0.392 e. The highest BCUT2D eigenvalue weighted by molar-refractivity contribution is 4.92. The molecule has 0 aromatic carbocycles. The first kappa shape index (κ1) is 7.94. The first-order chi connectivity index (χ1) is 4.22. The van der Waals surface area contributed by atoms with Crippen molar-refractivity contribution >= 4 is 0 Å². The predicted octanol–water partition coefficient (Wildman–Crippen LogP) is 0.421. The molecule has 0 saturated heterocycles. The van der Waals surface area contributed by atoms with Crippen LogP contribution in [0.15, 0.2) is 0 Å². The van der Waals surface area contributed by atoms with Crippen molar-refractivity contribution in [2.75, 3.05) is 0 Å². The Bertz CT molecular complexity index is 151. The van der Waals surface area contributed by atoms with E-state index in [0.29, 0.717) is 0 Å². The van der Waals surface area contributed by atoms with Gasteiger partial charge in [0.2, 0.25) is 0 Å². The third kappa shape index (κ3) is 2.69. The van der Waals surface area contributed by atoms with Gasteiger partial charge in [-0.25, -0.2) is 0 Å². The number of hydrogen-bond acceptors (Lipinski definition) is 3. The molecule has 2 unspecified atom stereocenters. The molecule has 1 N–H and O–H groups in total. The van der Waals surface area contributed by atoms with Gasteiger partial charge in [-0.3, -0.25) is 0 Å². The van der Waals surface area contributed by atoms with Crippen molar-refractivity contribution < 1.29 is 5.11 Å². The van der Waals surface area contributed by atoms with E-state index in [9.17, 15) is 0 Å². The maximum absolute atomic E-state index is 8.77. The van der Waals surface area contributed by atoms with Crippen LogP contribution >= 0.6 is 0 Å². The topological polar surface area (TPSA) is 67.8 Å². The van der Waals surface area contributed by atoms with Gasteiger partial charge in [-0.15, -0.1) is 0 Å². The second kappa shape index (κ2) is 3.88. The Morgan fingerprint density at radius 3 is 2.22 bits per heavy atom. The maximum atomic E-state index is 8.77. The predicted molar refractivity (Wildman–Crippen MR) is 31.0 cm³/mol. The van der Waals surface area contributed by atoms with Gasteiger partial charge in [0.25, 0.3) is 0 Å². The zero-order chi connectivity index (χ0) is 7.28. The molecule has 0 aromatic heterocycles. The Hall–Kier alpha value is -1.06. The Morgan fingerprint density at radius 1 is 1.56 bits per heavy atom. The molecule has 0 amide bonds. The molecule has 0 aromatic rings. The van der Waals surface area contributed by atoms with Crippen LogP contribution in [0.25, 0.3) is 0 Å². The lowest BCUT2D eigenvalue weighted by atomic mass is 10.0. The minimum absolute atomic E-state index is 0.105. The summed E-state index contributed by atoms with van der Waals surface area (Å²) in [7, 11) is 0. The summed E-state index contributed by atoms with van der Waals surface area (Å²) in [5, 5.41) is 25.1. The van der Waals surface area contributed by atoms with E-state index in [2.05, 4.69) is 0 Å². The highest BCUT2D eigenvalue weighted by Gasteiger charge is 2.12. The number of nitrogens with zero attached hydrogens (tertiary/aromatic N) is 2. The van der Waals surface area contributed by atoms with Crippen LogP contribution < -0.4 is 0 Å². The van der Waals surface area contributed by atoms with E-state index in [-0.39, 0.29) is 6.42 Å².